The molecule has 0 radical (unpaired) electrons. The quantitative estimate of drug-likeness (QED) is 0.0765. The van der Waals surface area contributed by atoms with Gasteiger partial charge in [0.25, 0.3) is 0 Å². The van der Waals surface area contributed by atoms with Crippen LogP contribution in [0.5, 0.6) is 0 Å². The van der Waals surface area contributed by atoms with Gasteiger partial charge in [0.05, 0.1) is 32.5 Å². The lowest BCUT2D eigenvalue weighted by atomic mass is 9.31. The average molecular weight is 879 g/mol. The molecule has 2 heterocycles. The average Bonchev–Trinajstić information content (AvgIpc) is 3.20. The highest BCUT2D eigenvalue weighted by atomic mass is 32.3. The van der Waals surface area contributed by atoms with Gasteiger partial charge in [0, 0.05) is 17.4 Å². The molecule has 18 heteroatoms. The number of allylic oxidation sites excluding steroid dienone is 1. The summed E-state index contributed by atoms with van der Waals surface area (Å²) in [6.07, 6.45) is -6.31. The van der Waals surface area contributed by atoms with E-state index in [0.717, 1.165) is 37.7 Å². The van der Waals surface area contributed by atoms with Crippen LogP contribution in [0.2, 0.25) is 0 Å². The van der Waals surface area contributed by atoms with Crippen LogP contribution in [0.15, 0.2) is 11.6 Å². The van der Waals surface area contributed by atoms with Gasteiger partial charge in [-0.3, -0.25) is 4.55 Å². The summed E-state index contributed by atoms with van der Waals surface area (Å²) in [7, 11) is -4.85. The summed E-state index contributed by atoms with van der Waals surface area (Å²) < 4.78 is 63.1. The Morgan fingerprint density at radius 1 is 0.733 bits per heavy atom. The molecule has 17 nitrogen and oxygen atoms in total. The van der Waals surface area contributed by atoms with Gasteiger partial charge in [0.2, 0.25) is 0 Å². The van der Waals surface area contributed by atoms with E-state index < -0.39 is 103 Å². The van der Waals surface area contributed by atoms with Gasteiger partial charge in [0.15, 0.2) is 12.6 Å². The molecule has 0 aromatic heterocycles. The summed E-state index contributed by atoms with van der Waals surface area (Å²) in [6.45, 7) is 9.69. The van der Waals surface area contributed by atoms with Gasteiger partial charge in [-0.15, -0.1) is 0 Å². The zero-order valence-corrected chi connectivity index (χ0v) is 36.3. The van der Waals surface area contributed by atoms with Crippen LogP contribution in [0.25, 0.3) is 0 Å². The maximum atomic E-state index is 12.1. The molecule has 0 bridgehead atoms. The summed E-state index contributed by atoms with van der Waals surface area (Å²) in [5.74, 6) is 0.332. The molecule has 7 rings (SSSR count). The Morgan fingerprint density at radius 3 is 1.95 bits per heavy atom. The molecule has 0 aromatic carbocycles. The minimum absolute atomic E-state index is 0.0108. The van der Waals surface area contributed by atoms with Crippen LogP contribution in [-0.4, -0.2) is 159 Å². The molecule has 60 heavy (non-hydrogen) atoms. The molecule has 0 aromatic rings. The monoisotopic (exact) mass is 878 g/mol. The van der Waals surface area contributed by atoms with Crippen molar-refractivity contribution in [2.45, 2.75) is 160 Å². The highest BCUT2D eigenvalue weighted by Crippen LogP contribution is 2.77. The van der Waals surface area contributed by atoms with Gasteiger partial charge in [-0.05, 0) is 109 Å². The van der Waals surface area contributed by atoms with Crippen molar-refractivity contribution in [3.63, 3.8) is 0 Å². The van der Waals surface area contributed by atoms with Crippen LogP contribution in [-0.2, 0) is 33.5 Å². The smallest absolute Gasteiger partial charge is 0.396 e. The third kappa shape index (κ3) is 7.47. The van der Waals surface area contributed by atoms with E-state index in [9.17, 15) is 58.9 Å². The Kier molecular flexibility index (Phi) is 13.2. The minimum Gasteiger partial charge on any atom is -0.396 e. The maximum Gasteiger partial charge on any atom is 0.397 e. The SMILES string of the molecule is C[C@H]1C(CO[C@@H]2O[C@H](CO)[C@@H](O)[C@H](O)[C@H]2O)=CC[C@]2(CO)CC[C@]3(C)[C@H](CC[C@@H]4[C@@]5(C)CC[C@H](O[C@@H]6O[C@H](CO)[C@@H](O)[C@H](O)[C@H]6O)[C@](C)(COS(=O)(=O)O)[C@@H]5CC[C@]43C)[C@H]12. The van der Waals surface area contributed by atoms with E-state index in [4.69, 9.17) is 23.1 Å². The minimum atomic E-state index is -4.85. The highest BCUT2D eigenvalue weighted by Gasteiger charge is 2.71. The van der Waals surface area contributed by atoms with Gasteiger partial charge in [0.1, 0.15) is 48.8 Å². The van der Waals surface area contributed by atoms with Gasteiger partial charge in [-0.25, -0.2) is 4.18 Å². The van der Waals surface area contributed by atoms with E-state index in [1.54, 1.807) is 0 Å². The molecular weight excluding hydrogens is 809 g/mol. The molecule has 0 unspecified atom stereocenters. The molecule has 6 fully saturated rings. The van der Waals surface area contributed by atoms with Crippen molar-refractivity contribution in [2.75, 3.05) is 33.0 Å². The zero-order chi connectivity index (χ0) is 44.0. The number of hydrogen-bond donors (Lipinski definition) is 10. The Bertz CT molecular complexity index is 1680. The fraction of sp³-hybridized carbons (Fsp3) is 0.952. The van der Waals surface area contributed by atoms with Crippen LogP contribution in [0.4, 0.5) is 0 Å². The van der Waals surface area contributed by atoms with Crippen LogP contribution in [0.1, 0.15) is 92.4 Å². The number of hydrogen-bond acceptors (Lipinski definition) is 16. The van der Waals surface area contributed by atoms with Crippen LogP contribution >= 0.6 is 0 Å². The highest BCUT2D eigenvalue weighted by molar-refractivity contribution is 7.80. The largest absolute Gasteiger partial charge is 0.397 e. The Balaban J connectivity index is 1.14. The standard InChI is InChI=1S/C42H70O17S/c1-21-22(18-55-36-34(50)32(48)30(46)24(16-43)57-36)8-13-42(19-45)15-14-40(4)23(29(21)42)6-7-27-38(2)11-10-28(59-37-35(51)33(49)31(47)25(17-44)58-37)39(3,20-56-60(52,53)54)26(38)9-12-41(27,40)5/h8,21,23-37,43-51H,6-7,9-20H2,1-5H3,(H,52,53,54)/t21-,23+,24+,25+,26+,27+,28-,29-,30+,31+,32-,33-,34+,35+,36+,37-,38-,39+,40+,41+,42+/m0/s1. The van der Waals surface area contributed by atoms with Crippen molar-refractivity contribution >= 4 is 10.4 Å². The zero-order valence-electron chi connectivity index (χ0n) is 35.5. The Labute approximate surface area is 353 Å². The van der Waals surface area contributed by atoms with Crippen LogP contribution < -0.4 is 0 Å². The summed E-state index contributed by atoms with van der Waals surface area (Å²) in [5.41, 5.74) is -1.05. The number of aliphatic hydroxyl groups is 9. The Morgan fingerprint density at radius 2 is 1.35 bits per heavy atom. The normalized spacial score (nSPS) is 53.3. The topological polar surface area (TPSA) is 283 Å². The van der Waals surface area contributed by atoms with Gasteiger partial charge < -0.3 is 64.9 Å². The maximum absolute atomic E-state index is 12.1. The third-order valence-electron chi connectivity index (χ3n) is 18.1. The second kappa shape index (κ2) is 16.8. The van der Waals surface area contributed by atoms with Crippen molar-refractivity contribution in [3.8, 4) is 0 Å². The van der Waals surface area contributed by atoms with E-state index in [0.29, 0.717) is 25.7 Å². The first-order valence-corrected chi connectivity index (χ1v) is 23.2. The molecule has 5 aliphatic carbocycles. The first kappa shape index (κ1) is 47.1. The van der Waals surface area contributed by atoms with Crippen molar-refractivity contribution in [1.29, 1.82) is 0 Å². The van der Waals surface area contributed by atoms with Crippen molar-refractivity contribution < 1.29 is 82.1 Å². The van der Waals surface area contributed by atoms with Crippen molar-refractivity contribution in [3.05, 3.63) is 11.6 Å². The summed E-state index contributed by atoms with van der Waals surface area (Å²) in [6, 6.07) is 0. The lowest BCUT2D eigenvalue weighted by molar-refractivity contribution is -0.335. The van der Waals surface area contributed by atoms with Crippen LogP contribution in [0.3, 0.4) is 0 Å². The number of ether oxygens (including phenoxy) is 4. The predicted octanol–water partition coefficient (Wildman–Crippen LogP) is 0.418. The fourth-order valence-corrected chi connectivity index (χ4v) is 15.0. The van der Waals surface area contributed by atoms with E-state index in [2.05, 4.69) is 33.8 Å². The molecule has 21 atom stereocenters. The Hall–Kier alpha value is -0.910. The molecule has 0 spiro atoms. The summed E-state index contributed by atoms with van der Waals surface area (Å²) in [5, 5.41) is 93.8. The summed E-state index contributed by atoms with van der Waals surface area (Å²) >= 11 is 0. The first-order chi connectivity index (χ1) is 28.1. The van der Waals surface area contributed by atoms with E-state index in [-0.39, 0.29) is 64.5 Å². The van der Waals surface area contributed by atoms with Gasteiger partial charge in [-0.1, -0.05) is 40.7 Å². The van der Waals surface area contributed by atoms with Crippen LogP contribution in [0, 0.1) is 56.7 Å². The number of aliphatic hydroxyl groups excluding tert-OH is 9. The molecule has 2 aliphatic heterocycles. The number of rotatable bonds is 11. The molecule has 4 saturated carbocycles. The fourth-order valence-electron chi connectivity index (χ4n) is 14.6. The third-order valence-corrected chi connectivity index (χ3v) is 18.5. The van der Waals surface area contributed by atoms with E-state index in [1.807, 2.05) is 6.92 Å². The van der Waals surface area contributed by atoms with Crippen molar-refractivity contribution in [2.24, 2.45) is 56.7 Å². The molecule has 2 saturated heterocycles. The molecule has 0 amide bonds. The molecular formula is C42H70O17S. The lowest BCUT2D eigenvalue weighted by Gasteiger charge is -2.74. The molecule has 10 N–H and O–H groups in total. The summed E-state index contributed by atoms with van der Waals surface area (Å²) in [4.78, 5) is 0. The second-order valence-electron chi connectivity index (χ2n) is 20.6. The lowest BCUT2D eigenvalue weighted by Crippen LogP contribution is -2.69. The van der Waals surface area contributed by atoms with E-state index >= 15 is 0 Å². The molecule has 7 aliphatic rings. The van der Waals surface area contributed by atoms with Crippen molar-refractivity contribution in [1.82, 2.24) is 0 Å². The van der Waals surface area contributed by atoms with E-state index in [1.165, 1.54) is 0 Å². The predicted molar refractivity (Wildman–Crippen MR) is 211 cm³/mol. The van der Waals surface area contributed by atoms with Gasteiger partial charge >= 0.3 is 10.4 Å². The van der Waals surface area contributed by atoms with Gasteiger partial charge in [-0.2, -0.15) is 8.42 Å². The first-order valence-electron chi connectivity index (χ1n) is 21.9. The second-order valence-corrected chi connectivity index (χ2v) is 21.6. The molecule has 346 valence electrons. The number of fused-ring (bicyclic) bond motifs is 7.